The molecule has 3 heteroatoms. The van der Waals surface area contributed by atoms with E-state index >= 15 is 0 Å². The first kappa shape index (κ1) is 13.5. The predicted octanol–water partition coefficient (Wildman–Crippen LogP) is 1.88. The molecule has 0 aromatic heterocycles. The van der Waals surface area contributed by atoms with E-state index in [2.05, 4.69) is 39.9 Å². The van der Waals surface area contributed by atoms with Gasteiger partial charge in [0.1, 0.15) is 0 Å². The van der Waals surface area contributed by atoms with Gasteiger partial charge in [0.25, 0.3) is 0 Å². The number of hydrogen-bond donors (Lipinski definition) is 1. The molecular weight excluding hydrogens is 200 g/mol. The van der Waals surface area contributed by atoms with E-state index in [4.69, 9.17) is 0 Å². The minimum Gasteiger partial charge on any atom is -0.338 e. The molecular formula is C13H26N2O. The van der Waals surface area contributed by atoms with Crippen molar-refractivity contribution in [2.75, 3.05) is 13.1 Å². The van der Waals surface area contributed by atoms with Gasteiger partial charge in [-0.2, -0.15) is 0 Å². The monoisotopic (exact) mass is 226 g/mol. The van der Waals surface area contributed by atoms with E-state index in [0.29, 0.717) is 30.5 Å². The lowest BCUT2D eigenvalue weighted by Gasteiger charge is -2.41. The molecule has 3 nitrogen and oxygen atoms in total. The molecule has 1 fully saturated rings. The second kappa shape index (κ2) is 5.67. The Balaban J connectivity index is 2.52. The highest BCUT2D eigenvalue weighted by Gasteiger charge is 2.31. The maximum absolute atomic E-state index is 12.1. The van der Waals surface area contributed by atoms with Crippen LogP contribution in [0.4, 0.5) is 0 Å². The summed E-state index contributed by atoms with van der Waals surface area (Å²) in [5.74, 6) is 1.50. The molecule has 0 aromatic carbocycles. The van der Waals surface area contributed by atoms with Crippen LogP contribution in [0, 0.1) is 11.8 Å². The van der Waals surface area contributed by atoms with Gasteiger partial charge < -0.3 is 10.2 Å². The Morgan fingerprint density at radius 2 is 2.00 bits per heavy atom. The number of likely N-dealkylation sites (tertiary alicyclic amines) is 1. The van der Waals surface area contributed by atoms with E-state index in [1.165, 1.54) is 6.42 Å². The summed E-state index contributed by atoms with van der Waals surface area (Å²) in [5.41, 5.74) is 0. The summed E-state index contributed by atoms with van der Waals surface area (Å²) in [5, 5.41) is 3.20. The predicted molar refractivity (Wildman–Crippen MR) is 67.3 cm³/mol. The third-order valence-electron chi connectivity index (χ3n) is 3.58. The average molecular weight is 226 g/mol. The number of carbonyl (C=O) groups is 1. The molecule has 0 spiro atoms. The van der Waals surface area contributed by atoms with Gasteiger partial charge in [0.2, 0.25) is 5.91 Å². The molecule has 1 heterocycles. The van der Waals surface area contributed by atoms with Gasteiger partial charge in [-0.15, -0.1) is 0 Å². The standard InChI is InChI=1S/C13H26N2O/c1-9(2)14-7-13(16)15-8-10(3)6-11(4)12(15)5/h9-12,14H,6-8H2,1-5H3. The maximum Gasteiger partial charge on any atom is 0.236 e. The number of nitrogens with one attached hydrogen (secondary N) is 1. The first-order valence-corrected chi connectivity index (χ1v) is 6.44. The SMILES string of the molecule is CC1CC(C)C(C)N(C(=O)CNC(C)C)C1. The second-order valence-corrected chi connectivity index (χ2v) is 5.64. The van der Waals surface area contributed by atoms with Crippen LogP contribution in [0.2, 0.25) is 0 Å². The highest BCUT2D eigenvalue weighted by atomic mass is 16.2. The summed E-state index contributed by atoms with van der Waals surface area (Å²) in [7, 11) is 0. The second-order valence-electron chi connectivity index (χ2n) is 5.64. The van der Waals surface area contributed by atoms with Gasteiger partial charge in [-0.25, -0.2) is 0 Å². The van der Waals surface area contributed by atoms with Crippen molar-refractivity contribution >= 4 is 5.91 Å². The Morgan fingerprint density at radius 3 is 2.56 bits per heavy atom. The summed E-state index contributed by atoms with van der Waals surface area (Å²) in [4.78, 5) is 14.1. The van der Waals surface area contributed by atoms with Crippen LogP contribution in [0.5, 0.6) is 0 Å². The van der Waals surface area contributed by atoms with Gasteiger partial charge in [-0.3, -0.25) is 4.79 Å². The van der Waals surface area contributed by atoms with Gasteiger partial charge in [0.05, 0.1) is 6.54 Å². The molecule has 1 N–H and O–H groups in total. The van der Waals surface area contributed by atoms with Crippen molar-refractivity contribution in [1.82, 2.24) is 10.2 Å². The van der Waals surface area contributed by atoms with Crippen molar-refractivity contribution in [3.8, 4) is 0 Å². The van der Waals surface area contributed by atoms with Crippen LogP contribution in [0.15, 0.2) is 0 Å². The van der Waals surface area contributed by atoms with Crippen LogP contribution >= 0.6 is 0 Å². The molecule has 0 saturated carbocycles. The molecule has 1 aliphatic rings. The largest absolute Gasteiger partial charge is 0.338 e. The van der Waals surface area contributed by atoms with E-state index < -0.39 is 0 Å². The van der Waals surface area contributed by atoms with Crippen LogP contribution in [-0.4, -0.2) is 36.0 Å². The van der Waals surface area contributed by atoms with Gasteiger partial charge in [0, 0.05) is 18.6 Å². The number of piperidine rings is 1. The summed E-state index contributed by atoms with van der Waals surface area (Å²) >= 11 is 0. The summed E-state index contributed by atoms with van der Waals surface area (Å²) in [6.07, 6.45) is 1.24. The zero-order valence-corrected chi connectivity index (χ0v) is 11.3. The van der Waals surface area contributed by atoms with Crippen molar-refractivity contribution in [3.05, 3.63) is 0 Å². The van der Waals surface area contributed by atoms with E-state index in [1.54, 1.807) is 0 Å². The zero-order chi connectivity index (χ0) is 12.3. The van der Waals surface area contributed by atoms with Gasteiger partial charge in [0.15, 0.2) is 0 Å². The van der Waals surface area contributed by atoms with Crippen LogP contribution in [0.25, 0.3) is 0 Å². The molecule has 1 saturated heterocycles. The van der Waals surface area contributed by atoms with Crippen molar-refractivity contribution in [3.63, 3.8) is 0 Å². The molecule has 0 radical (unpaired) electrons. The fourth-order valence-electron chi connectivity index (χ4n) is 2.44. The molecule has 1 amide bonds. The Labute approximate surface area is 99.6 Å². The quantitative estimate of drug-likeness (QED) is 0.797. The van der Waals surface area contributed by atoms with E-state index in [0.717, 1.165) is 6.54 Å². The number of carbonyl (C=O) groups excluding carboxylic acids is 1. The Bertz CT molecular complexity index is 240. The van der Waals surface area contributed by atoms with Gasteiger partial charge in [-0.05, 0) is 25.2 Å². The van der Waals surface area contributed by atoms with E-state index in [9.17, 15) is 4.79 Å². The Hall–Kier alpha value is -0.570. The van der Waals surface area contributed by atoms with E-state index in [-0.39, 0.29) is 5.91 Å². The van der Waals surface area contributed by atoms with E-state index in [1.807, 2.05) is 4.90 Å². The Morgan fingerprint density at radius 1 is 1.38 bits per heavy atom. The summed E-state index contributed by atoms with van der Waals surface area (Å²) in [6, 6.07) is 0.761. The fourth-order valence-corrected chi connectivity index (χ4v) is 2.44. The minimum absolute atomic E-state index is 0.250. The number of nitrogens with zero attached hydrogens (tertiary/aromatic N) is 1. The minimum atomic E-state index is 0.250. The van der Waals surface area contributed by atoms with Crippen LogP contribution in [0.1, 0.15) is 41.0 Å². The fraction of sp³-hybridized carbons (Fsp3) is 0.923. The number of rotatable bonds is 3. The normalized spacial score (nSPS) is 30.9. The smallest absolute Gasteiger partial charge is 0.236 e. The lowest BCUT2D eigenvalue weighted by molar-refractivity contribution is -0.136. The summed E-state index contributed by atoms with van der Waals surface area (Å²) in [6.45, 7) is 12.2. The molecule has 0 aliphatic carbocycles. The first-order valence-electron chi connectivity index (χ1n) is 6.44. The topological polar surface area (TPSA) is 32.3 Å². The molecule has 16 heavy (non-hydrogen) atoms. The third kappa shape index (κ3) is 3.48. The molecule has 0 bridgehead atoms. The molecule has 1 rings (SSSR count). The molecule has 94 valence electrons. The molecule has 1 aliphatic heterocycles. The molecule has 3 unspecified atom stereocenters. The zero-order valence-electron chi connectivity index (χ0n) is 11.3. The van der Waals surface area contributed by atoms with Crippen molar-refractivity contribution in [2.24, 2.45) is 11.8 Å². The van der Waals surface area contributed by atoms with Crippen molar-refractivity contribution in [1.29, 1.82) is 0 Å². The van der Waals surface area contributed by atoms with Crippen LogP contribution in [0.3, 0.4) is 0 Å². The highest BCUT2D eigenvalue weighted by molar-refractivity contribution is 5.78. The Kier molecular flexibility index (Phi) is 4.78. The molecule has 0 aromatic rings. The van der Waals surface area contributed by atoms with Gasteiger partial charge in [-0.1, -0.05) is 27.7 Å². The average Bonchev–Trinajstić information content (AvgIpc) is 2.19. The first-order chi connectivity index (χ1) is 7.41. The summed E-state index contributed by atoms with van der Waals surface area (Å²) < 4.78 is 0. The third-order valence-corrected chi connectivity index (χ3v) is 3.58. The van der Waals surface area contributed by atoms with Gasteiger partial charge >= 0.3 is 0 Å². The van der Waals surface area contributed by atoms with Crippen LogP contribution < -0.4 is 5.32 Å². The van der Waals surface area contributed by atoms with Crippen LogP contribution in [-0.2, 0) is 4.79 Å². The van der Waals surface area contributed by atoms with Crippen molar-refractivity contribution in [2.45, 2.75) is 53.1 Å². The number of hydrogen-bond acceptors (Lipinski definition) is 2. The molecule has 3 atom stereocenters. The maximum atomic E-state index is 12.1. The lowest BCUT2D eigenvalue weighted by Crippen LogP contribution is -2.51. The number of amides is 1. The van der Waals surface area contributed by atoms with Crippen molar-refractivity contribution < 1.29 is 4.79 Å². The highest BCUT2D eigenvalue weighted by Crippen LogP contribution is 2.26. The lowest BCUT2D eigenvalue weighted by atomic mass is 9.86.